The van der Waals surface area contributed by atoms with Crippen molar-refractivity contribution >= 4 is 51.4 Å². The smallest absolute Gasteiger partial charge is 0.416 e. The molecule has 1 fully saturated rings. The number of carboxylic acids is 1. The number of nitrogens with zero attached hydrogens (tertiary/aromatic N) is 1. The molecule has 2 N–H and O–H groups in total. The highest BCUT2D eigenvalue weighted by Gasteiger charge is 2.44. The van der Waals surface area contributed by atoms with E-state index in [0.29, 0.717) is 15.2 Å². The van der Waals surface area contributed by atoms with Gasteiger partial charge in [-0.05, 0) is 91.5 Å². The zero-order valence-electron chi connectivity index (χ0n) is 24.0. The van der Waals surface area contributed by atoms with Crippen molar-refractivity contribution in [3.8, 4) is 0 Å². The Kier molecular flexibility index (Phi) is 9.07. The number of aliphatic hydroxyl groups is 1. The molecule has 4 nitrogen and oxygen atoms in total. The van der Waals surface area contributed by atoms with E-state index in [1.807, 2.05) is 42.5 Å². The van der Waals surface area contributed by atoms with Crippen LogP contribution in [0.25, 0.3) is 22.4 Å². The number of hydrogen-bond donors (Lipinski definition) is 2. The van der Waals surface area contributed by atoms with Crippen LogP contribution in [0.15, 0.2) is 66.7 Å². The Hall–Kier alpha value is -3.14. The molecule has 1 saturated carbocycles. The van der Waals surface area contributed by atoms with Crippen LogP contribution < -0.4 is 0 Å². The SMILES string of the molecule is CC(C)(O)c1ccccc1CC[C@@H](SCC1(CC(=O)O)CC1)c1cccc(/C=C/c2nc3cc(C(F)(F)F)ccc3s2)c1. The highest BCUT2D eigenvalue weighted by molar-refractivity contribution is 7.99. The number of alkyl halides is 3. The summed E-state index contributed by atoms with van der Waals surface area (Å²) in [6, 6.07) is 19.7. The summed E-state index contributed by atoms with van der Waals surface area (Å²) in [6.45, 7) is 3.58. The molecule has 4 aromatic rings. The van der Waals surface area contributed by atoms with Gasteiger partial charge in [0, 0.05) is 11.0 Å². The zero-order valence-corrected chi connectivity index (χ0v) is 25.7. The molecule has 43 heavy (non-hydrogen) atoms. The molecule has 0 bridgehead atoms. The summed E-state index contributed by atoms with van der Waals surface area (Å²) in [4.78, 5) is 15.9. The van der Waals surface area contributed by atoms with Crippen LogP contribution in [-0.4, -0.2) is 26.9 Å². The van der Waals surface area contributed by atoms with E-state index in [2.05, 4.69) is 23.2 Å². The van der Waals surface area contributed by atoms with Gasteiger partial charge in [0.05, 0.1) is 27.8 Å². The van der Waals surface area contributed by atoms with Gasteiger partial charge in [0.25, 0.3) is 0 Å². The predicted molar refractivity (Wildman–Crippen MR) is 169 cm³/mol. The van der Waals surface area contributed by atoms with Gasteiger partial charge in [-0.2, -0.15) is 24.9 Å². The first kappa shape index (κ1) is 31.3. The average Bonchev–Trinajstić information content (AvgIpc) is 3.56. The van der Waals surface area contributed by atoms with E-state index >= 15 is 0 Å². The molecule has 9 heteroatoms. The molecule has 226 valence electrons. The van der Waals surface area contributed by atoms with Gasteiger partial charge in [-0.1, -0.05) is 54.6 Å². The van der Waals surface area contributed by atoms with Crippen molar-refractivity contribution in [1.29, 1.82) is 0 Å². The molecular formula is C34H34F3NO3S2. The number of carbonyl (C=O) groups is 1. The summed E-state index contributed by atoms with van der Waals surface area (Å²) in [5.41, 5.74) is 2.57. The van der Waals surface area contributed by atoms with Crippen LogP contribution in [0.5, 0.6) is 0 Å². The normalized spacial score (nSPS) is 15.7. The maximum Gasteiger partial charge on any atom is 0.416 e. The number of aliphatic carboxylic acids is 1. The Bertz CT molecular complexity index is 1630. The van der Waals surface area contributed by atoms with Gasteiger partial charge in [-0.15, -0.1) is 11.3 Å². The predicted octanol–water partition coefficient (Wildman–Crippen LogP) is 9.37. The molecule has 0 radical (unpaired) electrons. The van der Waals surface area contributed by atoms with Crippen molar-refractivity contribution in [1.82, 2.24) is 4.98 Å². The lowest BCUT2D eigenvalue weighted by Gasteiger charge is -2.24. The van der Waals surface area contributed by atoms with E-state index in [0.717, 1.165) is 65.8 Å². The van der Waals surface area contributed by atoms with Crippen LogP contribution in [0.1, 0.15) is 77.6 Å². The number of thioether (sulfide) groups is 1. The minimum Gasteiger partial charge on any atom is -0.481 e. The third-order valence-electron chi connectivity index (χ3n) is 7.86. The van der Waals surface area contributed by atoms with Crippen molar-refractivity contribution in [2.75, 3.05) is 5.75 Å². The van der Waals surface area contributed by atoms with Crippen molar-refractivity contribution in [3.05, 3.63) is 99.6 Å². The second-order valence-electron chi connectivity index (χ2n) is 11.9. The number of halogens is 3. The highest BCUT2D eigenvalue weighted by atomic mass is 32.2. The van der Waals surface area contributed by atoms with Crippen molar-refractivity contribution in [2.45, 2.75) is 63.0 Å². The lowest BCUT2D eigenvalue weighted by atomic mass is 9.90. The highest BCUT2D eigenvalue weighted by Crippen LogP contribution is 2.53. The number of thiazole rings is 1. The molecule has 0 spiro atoms. The maximum absolute atomic E-state index is 13.1. The first-order chi connectivity index (χ1) is 20.3. The van der Waals surface area contributed by atoms with E-state index in [9.17, 15) is 28.2 Å². The fraction of sp³-hybridized carbons (Fsp3) is 0.353. The number of rotatable bonds is 12. The van der Waals surface area contributed by atoms with Gasteiger partial charge in [0.15, 0.2) is 0 Å². The monoisotopic (exact) mass is 625 g/mol. The third-order valence-corrected chi connectivity index (χ3v) is 10.5. The molecule has 1 aliphatic carbocycles. The van der Waals surface area contributed by atoms with E-state index in [4.69, 9.17) is 0 Å². The number of aryl methyl sites for hydroxylation is 1. The molecule has 1 aromatic heterocycles. The Morgan fingerprint density at radius 1 is 1.07 bits per heavy atom. The van der Waals surface area contributed by atoms with E-state index in [1.165, 1.54) is 17.4 Å². The third kappa shape index (κ3) is 8.08. The Labute approximate surface area is 257 Å². The fourth-order valence-corrected chi connectivity index (χ4v) is 7.76. The van der Waals surface area contributed by atoms with Gasteiger partial charge in [0.1, 0.15) is 5.01 Å². The van der Waals surface area contributed by atoms with Crippen molar-refractivity contribution in [2.24, 2.45) is 5.41 Å². The minimum absolute atomic E-state index is 0.109. The lowest BCUT2D eigenvalue weighted by Crippen LogP contribution is -2.18. The van der Waals surface area contributed by atoms with Crippen molar-refractivity contribution in [3.63, 3.8) is 0 Å². The summed E-state index contributed by atoms with van der Waals surface area (Å²) in [5, 5.41) is 20.9. The lowest BCUT2D eigenvalue weighted by molar-refractivity contribution is -0.138. The fourth-order valence-electron chi connectivity index (χ4n) is 5.34. The van der Waals surface area contributed by atoms with Crippen LogP contribution >= 0.6 is 23.1 Å². The summed E-state index contributed by atoms with van der Waals surface area (Å²) >= 11 is 3.14. The zero-order chi connectivity index (χ0) is 30.8. The van der Waals surface area contributed by atoms with Crippen LogP contribution in [-0.2, 0) is 23.0 Å². The molecule has 0 saturated heterocycles. The van der Waals surface area contributed by atoms with Gasteiger partial charge >= 0.3 is 12.1 Å². The van der Waals surface area contributed by atoms with E-state index < -0.39 is 23.3 Å². The summed E-state index contributed by atoms with van der Waals surface area (Å²) < 4.78 is 40.1. The molecular weight excluding hydrogens is 592 g/mol. The Morgan fingerprint density at radius 3 is 2.53 bits per heavy atom. The van der Waals surface area contributed by atoms with Crippen LogP contribution in [0, 0.1) is 5.41 Å². The largest absolute Gasteiger partial charge is 0.481 e. The molecule has 0 unspecified atom stereocenters. The van der Waals surface area contributed by atoms with Crippen LogP contribution in [0.2, 0.25) is 0 Å². The Balaban J connectivity index is 1.37. The summed E-state index contributed by atoms with van der Waals surface area (Å²) in [6.07, 6.45) is 2.94. The van der Waals surface area contributed by atoms with Crippen LogP contribution in [0.3, 0.4) is 0 Å². The maximum atomic E-state index is 13.1. The Morgan fingerprint density at radius 2 is 1.84 bits per heavy atom. The molecule has 3 aromatic carbocycles. The van der Waals surface area contributed by atoms with Gasteiger partial charge in [0.2, 0.25) is 0 Å². The van der Waals surface area contributed by atoms with E-state index in [1.54, 1.807) is 25.6 Å². The summed E-state index contributed by atoms with van der Waals surface area (Å²) in [5.74, 6) is 0.00774. The number of hydrogen-bond acceptors (Lipinski definition) is 5. The van der Waals surface area contributed by atoms with Crippen molar-refractivity contribution < 1.29 is 28.2 Å². The molecule has 0 amide bonds. The topological polar surface area (TPSA) is 70.4 Å². The molecule has 1 atom stereocenters. The minimum atomic E-state index is -4.41. The van der Waals surface area contributed by atoms with E-state index in [-0.39, 0.29) is 17.1 Å². The number of benzene rings is 3. The molecule has 1 heterocycles. The summed E-state index contributed by atoms with van der Waals surface area (Å²) in [7, 11) is 0. The molecule has 1 aliphatic rings. The first-order valence-corrected chi connectivity index (χ1v) is 16.1. The quantitative estimate of drug-likeness (QED) is 0.164. The first-order valence-electron chi connectivity index (χ1n) is 14.2. The average molecular weight is 626 g/mol. The standard InChI is InChI=1S/C34H34F3NO3S2/c1-32(2,41)26-9-4-3-7-23(26)11-13-28(42-21-33(16-17-33)20-31(39)40)24-8-5-6-22(18-24)10-15-30-38-27-19-25(34(35,36)37)12-14-29(27)43-30/h3-10,12,14-15,18-19,28,41H,11,13,16-17,20-21H2,1-2H3,(H,39,40)/b15-10+/t28-/m1/s1. The van der Waals surface area contributed by atoms with Crippen LogP contribution in [0.4, 0.5) is 13.2 Å². The van der Waals surface area contributed by atoms with Gasteiger partial charge in [-0.3, -0.25) is 4.79 Å². The number of fused-ring (bicyclic) bond motifs is 1. The second-order valence-corrected chi connectivity index (χ2v) is 14.1. The number of aromatic nitrogens is 1. The molecule has 5 rings (SSSR count). The molecule has 0 aliphatic heterocycles. The van der Waals surface area contributed by atoms with Gasteiger partial charge < -0.3 is 10.2 Å². The second kappa shape index (κ2) is 12.5. The number of carboxylic acid groups (broad SMARTS) is 1. The van der Waals surface area contributed by atoms with Gasteiger partial charge in [-0.25, -0.2) is 4.98 Å².